The van der Waals surface area contributed by atoms with E-state index in [0.717, 1.165) is 27.6 Å². The second-order valence-electron chi connectivity index (χ2n) is 7.67. The molecule has 0 spiro atoms. The van der Waals surface area contributed by atoms with Gasteiger partial charge in [0.2, 0.25) is 0 Å². The van der Waals surface area contributed by atoms with Gasteiger partial charge in [0.05, 0.1) is 5.39 Å². The molecule has 7 heteroatoms. The average molecular weight is 422 g/mol. The monoisotopic (exact) mass is 422 g/mol. The maximum absolute atomic E-state index is 13.5. The van der Waals surface area contributed by atoms with E-state index in [-0.39, 0.29) is 24.0 Å². The first kappa shape index (κ1) is 20.7. The van der Waals surface area contributed by atoms with Gasteiger partial charge in [0.15, 0.2) is 6.61 Å². The summed E-state index contributed by atoms with van der Waals surface area (Å²) in [5, 5.41) is 4.32. The van der Waals surface area contributed by atoms with Crippen molar-refractivity contribution in [1.82, 2.24) is 10.3 Å². The summed E-state index contributed by atoms with van der Waals surface area (Å²) in [6, 6.07) is 8.18. The van der Waals surface area contributed by atoms with Crippen molar-refractivity contribution in [3.05, 3.63) is 75.0 Å². The number of amides is 1. The van der Waals surface area contributed by atoms with Gasteiger partial charge in [0.25, 0.3) is 5.91 Å². The van der Waals surface area contributed by atoms with Crippen LogP contribution in [0.25, 0.3) is 21.9 Å². The van der Waals surface area contributed by atoms with Crippen LogP contribution in [0.1, 0.15) is 22.3 Å². The highest BCUT2D eigenvalue weighted by Gasteiger charge is 2.14. The second-order valence-corrected chi connectivity index (χ2v) is 7.67. The van der Waals surface area contributed by atoms with Crippen molar-refractivity contribution in [1.29, 1.82) is 0 Å². The van der Waals surface area contributed by atoms with Crippen LogP contribution in [-0.4, -0.2) is 24.0 Å². The Kier molecular flexibility index (Phi) is 5.50. The zero-order valence-corrected chi connectivity index (χ0v) is 17.6. The molecule has 2 N–H and O–H groups in total. The third-order valence-corrected chi connectivity index (χ3v) is 5.46. The van der Waals surface area contributed by atoms with Crippen LogP contribution in [0.2, 0.25) is 0 Å². The van der Waals surface area contributed by atoms with Gasteiger partial charge in [-0.1, -0.05) is 0 Å². The molecular weight excluding hydrogens is 399 g/mol. The second kappa shape index (κ2) is 8.26. The summed E-state index contributed by atoms with van der Waals surface area (Å²) in [6.45, 7) is 5.63. The molecule has 0 aliphatic rings. The predicted octanol–water partition coefficient (Wildman–Crippen LogP) is 4.08. The Hall–Kier alpha value is -3.61. The molecule has 0 saturated carbocycles. The predicted molar refractivity (Wildman–Crippen MR) is 117 cm³/mol. The summed E-state index contributed by atoms with van der Waals surface area (Å²) in [7, 11) is 0. The van der Waals surface area contributed by atoms with Gasteiger partial charge in [-0.2, -0.15) is 0 Å². The molecule has 2 aromatic heterocycles. The molecular formula is C24H23FN2O4. The van der Waals surface area contributed by atoms with Gasteiger partial charge in [0.1, 0.15) is 17.1 Å². The summed E-state index contributed by atoms with van der Waals surface area (Å²) >= 11 is 0. The molecule has 0 atom stereocenters. The van der Waals surface area contributed by atoms with E-state index in [1.54, 1.807) is 19.1 Å². The van der Waals surface area contributed by atoms with Gasteiger partial charge >= 0.3 is 5.63 Å². The normalized spacial score (nSPS) is 11.2. The molecule has 6 nitrogen and oxygen atoms in total. The Morgan fingerprint density at radius 3 is 2.77 bits per heavy atom. The van der Waals surface area contributed by atoms with Gasteiger partial charge in [-0.15, -0.1) is 0 Å². The Bertz CT molecular complexity index is 1350. The summed E-state index contributed by atoms with van der Waals surface area (Å²) in [5.74, 6) is -0.0634. The van der Waals surface area contributed by atoms with E-state index < -0.39 is 0 Å². The van der Waals surface area contributed by atoms with E-state index in [1.165, 1.54) is 12.1 Å². The van der Waals surface area contributed by atoms with E-state index in [1.807, 2.05) is 26.1 Å². The summed E-state index contributed by atoms with van der Waals surface area (Å²) < 4.78 is 24.7. The van der Waals surface area contributed by atoms with Gasteiger partial charge < -0.3 is 19.5 Å². The first-order valence-corrected chi connectivity index (χ1v) is 10.0. The molecule has 0 aliphatic heterocycles. The minimum absolute atomic E-state index is 0.168. The highest BCUT2D eigenvalue weighted by atomic mass is 19.1. The molecule has 0 unspecified atom stereocenters. The number of carbonyl (C=O) groups excluding carboxylic acids is 1. The number of aromatic amines is 1. The average Bonchev–Trinajstić information content (AvgIpc) is 3.12. The Morgan fingerprint density at radius 2 is 1.97 bits per heavy atom. The Balaban J connectivity index is 1.42. The van der Waals surface area contributed by atoms with Crippen LogP contribution < -0.4 is 15.7 Å². The van der Waals surface area contributed by atoms with Gasteiger partial charge in [-0.3, -0.25) is 4.79 Å². The maximum Gasteiger partial charge on any atom is 0.339 e. The van der Waals surface area contributed by atoms with Crippen molar-refractivity contribution < 1.29 is 18.3 Å². The number of hydrogen-bond donors (Lipinski definition) is 2. The number of nitrogens with one attached hydrogen (secondary N) is 2. The third-order valence-electron chi connectivity index (χ3n) is 5.46. The highest BCUT2D eigenvalue weighted by Crippen LogP contribution is 2.30. The molecule has 4 aromatic rings. The topological polar surface area (TPSA) is 84.3 Å². The molecule has 0 fully saturated rings. The number of rotatable bonds is 6. The van der Waals surface area contributed by atoms with Gasteiger partial charge in [-0.05, 0) is 74.2 Å². The first-order valence-electron chi connectivity index (χ1n) is 10.0. The number of halogens is 1. The zero-order chi connectivity index (χ0) is 22.1. The number of aromatic nitrogens is 1. The summed E-state index contributed by atoms with van der Waals surface area (Å²) in [5.41, 5.74) is 4.00. The standard InChI is InChI=1S/C24H23FN2O4/c1-13-8-20(23-14(2)15(3)24(29)31-21(23)9-13)30-12-22(28)26-7-6-16-11-27-19-5-4-17(25)10-18(16)19/h4-5,8-11,27H,6-7,12H2,1-3H3,(H,26,28). The quantitative estimate of drug-likeness (QED) is 0.459. The Labute approximate surface area is 178 Å². The van der Waals surface area contributed by atoms with Crippen LogP contribution >= 0.6 is 0 Å². The van der Waals surface area contributed by atoms with E-state index in [0.29, 0.717) is 35.2 Å². The largest absolute Gasteiger partial charge is 0.483 e. The number of carbonyl (C=O) groups is 1. The van der Waals surface area contributed by atoms with Crippen molar-refractivity contribution >= 4 is 27.8 Å². The fourth-order valence-corrected chi connectivity index (χ4v) is 3.69. The van der Waals surface area contributed by atoms with E-state index >= 15 is 0 Å². The van der Waals surface area contributed by atoms with E-state index in [9.17, 15) is 14.0 Å². The molecule has 4 rings (SSSR count). The van der Waals surface area contributed by atoms with E-state index in [2.05, 4.69) is 10.3 Å². The zero-order valence-electron chi connectivity index (χ0n) is 17.6. The molecule has 0 bridgehead atoms. The van der Waals surface area contributed by atoms with Crippen LogP contribution in [0.3, 0.4) is 0 Å². The number of benzene rings is 2. The molecule has 0 aliphatic carbocycles. The van der Waals surface area contributed by atoms with E-state index in [4.69, 9.17) is 9.15 Å². The number of ether oxygens (including phenoxy) is 1. The maximum atomic E-state index is 13.5. The summed E-state index contributed by atoms with van der Waals surface area (Å²) in [4.78, 5) is 27.4. The van der Waals surface area contributed by atoms with Crippen molar-refractivity contribution in [2.75, 3.05) is 13.2 Å². The number of hydrogen-bond acceptors (Lipinski definition) is 4. The number of H-pyrrole nitrogens is 1. The fourth-order valence-electron chi connectivity index (χ4n) is 3.69. The molecule has 1 amide bonds. The smallest absolute Gasteiger partial charge is 0.339 e. The molecule has 2 heterocycles. The van der Waals surface area contributed by atoms with Crippen molar-refractivity contribution in [2.45, 2.75) is 27.2 Å². The van der Waals surface area contributed by atoms with Crippen LogP contribution in [0.15, 0.2) is 45.7 Å². The fraction of sp³-hybridized carbons (Fsp3) is 0.250. The van der Waals surface area contributed by atoms with Crippen molar-refractivity contribution in [3.8, 4) is 5.75 Å². The number of aryl methyl sites for hydroxylation is 2. The van der Waals surface area contributed by atoms with Gasteiger partial charge in [-0.25, -0.2) is 9.18 Å². The lowest BCUT2D eigenvalue weighted by atomic mass is 10.0. The van der Waals surface area contributed by atoms with Crippen LogP contribution in [0.5, 0.6) is 5.75 Å². The summed E-state index contributed by atoms with van der Waals surface area (Å²) in [6.07, 6.45) is 2.39. The third kappa shape index (κ3) is 4.17. The minimum atomic E-state index is -0.378. The lowest BCUT2D eigenvalue weighted by molar-refractivity contribution is -0.123. The van der Waals surface area contributed by atoms with Crippen molar-refractivity contribution in [2.24, 2.45) is 0 Å². The molecule has 31 heavy (non-hydrogen) atoms. The SMILES string of the molecule is Cc1cc(OCC(=O)NCCc2c[nH]c3ccc(F)cc23)c2c(C)c(C)c(=O)oc2c1. The number of fused-ring (bicyclic) bond motifs is 2. The lowest BCUT2D eigenvalue weighted by Crippen LogP contribution is -2.30. The highest BCUT2D eigenvalue weighted by molar-refractivity contribution is 5.89. The van der Waals surface area contributed by atoms with Crippen LogP contribution in [-0.2, 0) is 11.2 Å². The lowest BCUT2D eigenvalue weighted by Gasteiger charge is -2.13. The van der Waals surface area contributed by atoms with Gasteiger partial charge in [0, 0.05) is 29.2 Å². The Morgan fingerprint density at radius 1 is 1.16 bits per heavy atom. The van der Waals surface area contributed by atoms with Crippen LogP contribution in [0, 0.1) is 26.6 Å². The van der Waals surface area contributed by atoms with Crippen LogP contribution in [0.4, 0.5) is 4.39 Å². The minimum Gasteiger partial charge on any atom is -0.483 e. The molecule has 2 aromatic carbocycles. The molecule has 0 saturated heterocycles. The molecule has 0 radical (unpaired) electrons. The van der Waals surface area contributed by atoms with Crippen molar-refractivity contribution in [3.63, 3.8) is 0 Å². The first-order chi connectivity index (χ1) is 14.8. The molecule has 160 valence electrons.